The van der Waals surface area contributed by atoms with Crippen LogP contribution in [0, 0.1) is 0 Å². The molecule has 0 aliphatic heterocycles. The van der Waals surface area contributed by atoms with E-state index in [1.165, 1.54) is 0 Å². The first-order valence-corrected chi connectivity index (χ1v) is 8.56. The molecule has 130 valence electrons. The van der Waals surface area contributed by atoms with Crippen LogP contribution in [0.15, 0.2) is 33.3 Å². The van der Waals surface area contributed by atoms with E-state index in [4.69, 9.17) is 4.52 Å². The van der Waals surface area contributed by atoms with Gasteiger partial charge in [-0.05, 0) is 42.0 Å². The third-order valence-corrected chi connectivity index (χ3v) is 4.36. The Kier molecular flexibility index (Phi) is 5.77. The summed E-state index contributed by atoms with van der Waals surface area (Å²) in [6, 6.07) is 7.35. The van der Waals surface area contributed by atoms with Crippen LogP contribution in [0.25, 0.3) is 0 Å². The van der Waals surface area contributed by atoms with E-state index in [-0.39, 0.29) is 23.9 Å². The van der Waals surface area contributed by atoms with E-state index in [1.807, 2.05) is 63.9 Å². The molecule has 1 aromatic heterocycles. The lowest BCUT2D eigenvalue weighted by molar-refractivity contribution is -0.117. The Morgan fingerprint density at radius 1 is 1.38 bits per heavy atom. The summed E-state index contributed by atoms with van der Waals surface area (Å²) in [4.78, 5) is 18.6. The first-order valence-electron chi connectivity index (χ1n) is 7.77. The van der Waals surface area contributed by atoms with Gasteiger partial charge < -0.3 is 9.84 Å². The van der Waals surface area contributed by atoms with Crippen molar-refractivity contribution in [3.63, 3.8) is 0 Å². The number of rotatable bonds is 5. The number of hydrogen-bond acceptors (Lipinski definition) is 5. The fourth-order valence-electron chi connectivity index (χ4n) is 2.01. The normalized spacial score (nSPS) is 13.1. The van der Waals surface area contributed by atoms with Crippen molar-refractivity contribution in [2.45, 2.75) is 39.2 Å². The van der Waals surface area contributed by atoms with Gasteiger partial charge in [0.25, 0.3) is 0 Å². The molecule has 24 heavy (non-hydrogen) atoms. The van der Waals surface area contributed by atoms with Crippen molar-refractivity contribution in [3.8, 4) is 0 Å². The second kappa shape index (κ2) is 7.44. The minimum atomic E-state index is -0.170. The van der Waals surface area contributed by atoms with Crippen LogP contribution >= 0.6 is 15.9 Å². The monoisotopic (exact) mass is 394 g/mol. The Morgan fingerprint density at radius 3 is 2.62 bits per heavy atom. The van der Waals surface area contributed by atoms with Gasteiger partial charge in [0, 0.05) is 9.89 Å². The number of nitrogens with one attached hydrogen (secondary N) is 1. The fourth-order valence-corrected chi connectivity index (χ4v) is 2.40. The van der Waals surface area contributed by atoms with E-state index in [1.54, 1.807) is 0 Å². The smallest absolute Gasteiger partial charge is 0.243 e. The maximum Gasteiger partial charge on any atom is 0.243 e. The molecule has 0 fully saturated rings. The van der Waals surface area contributed by atoms with E-state index in [0.717, 1.165) is 10.2 Å². The zero-order chi connectivity index (χ0) is 17.9. The third kappa shape index (κ3) is 4.64. The molecule has 1 unspecified atom stereocenters. The van der Waals surface area contributed by atoms with Gasteiger partial charge in [-0.3, -0.25) is 9.69 Å². The topological polar surface area (TPSA) is 71.3 Å². The maximum atomic E-state index is 12.2. The van der Waals surface area contributed by atoms with Crippen LogP contribution < -0.4 is 5.32 Å². The number of benzene rings is 1. The summed E-state index contributed by atoms with van der Waals surface area (Å²) in [6.45, 7) is 8.24. The summed E-state index contributed by atoms with van der Waals surface area (Å²) in [5.74, 6) is 1.07. The standard InChI is InChI=1S/C17H23BrN4O2/c1-11(15-20-16(21-24-15)17(2,3)4)22(5)10-14(23)19-13-9-7-6-8-12(13)18/h6-9,11H,10H2,1-5H3,(H,19,23). The molecular weight excluding hydrogens is 372 g/mol. The highest BCUT2D eigenvalue weighted by Crippen LogP contribution is 2.24. The highest BCUT2D eigenvalue weighted by Gasteiger charge is 2.25. The molecule has 1 aromatic carbocycles. The van der Waals surface area contributed by atoms with E-state index in [9.17, 15) is 4.79 Å². The number of carbonyl (C=O) groups is 1. The Labute approximate surface area is 150 Å². The number of nitrogens with zero attached hydrogens (tertiary/aromatic N) is 3. The van der Waals surface area contributed by atoms with Crippen LogP contribution in [-0.2, 0) is 10.2 Å². The molecular formula is C17H23BrN4O2. The summed E-state index contributed by atoms with van der Waals surface area (Å²) in [5.41, 5.74) is 0.577. The average Bonchev–Trinajstić information content (AvgIpc) is 2.98. The minimum absolute atomic E-state index is 0.105. The molecule has 0 saturated carbocycles. The lowest BCUT2D eigenvalue weighted by Gasteiger charge is -2.21. The summed E-state index contributed by atoms with van der Waals surface area (Å²) in [5, 5.41) is 6.91. The van der Waals surface area contributed by atoms with Gasteiger partial charge in [0.2, 0.25) is 11.8 Å². The Hall–Kier alpha value is -1.73. The SMILES string of the molecule is CC(c1nc(C(C)(C)C)no1)N(C)CC(=O)Nc1ccccc1Br. The van der Waals surface area contributed by atoms with E-state index in [2.05, 4.69) is 31.4 Å². The molecule has 0 radical (unpaired) electrons. The number of hydrogen-bond donors (Lipinski definition) is 1. The van der Waals surface area contributed by atoms with Crippen LogP contribution in [0.3, 0.4) is 0 Å². The number of anilines is 1. The molecule has 0 aliphatic rings. The van der Waals surface area contributed by atoms with Gasteiger partial charge in [-0.15, -0.1) is 0 Å². The lowest BCUT2D eigenvalue weighted by atomic mass is 9.96. The van der Waals surface area contributed by atoms with Crippen molar-refractivity contribution in [2.24, 2.45) is 0 Å². The van der Waals surface area contributed by atoms with Crippen molar-refractivity contribution in [3.05, 3.63) is 40.5 Å². The van der Waals surface area contributed by atoms with E-state index in [0.29, 0.717) is 11.7 Å². The first kappa shape index (κ1) is 18.6. The van der Waals surface area contributed by atoms with Gasteiger partial charge in [0.1, 0.15) is 0 Å². The molecule has 2 rings (SSSR count). The van der Waals surface area contributed by atoms with Crippen LogP contribution in [0.4, 0.5) is 5.69 Å². The Morgan fingerprint density at radius 2 is 2.04 bits per heavy atom. The van der Waals surface area contributed by atoms with Gasteiger partial charge >= 0.3 is 0 Å². The number of amides is 1. The highest BCUT2D eigenvalue weighted by atomic mass is 79.9. The number of aromatic nitrogens is 2. The molecule has 1 amide bonds. The molecule has 0 aliphatic carbocycles. The van der Waals surface area contributed by atoms with Gasteiger partial charge in [-0.1, -0.05) is 38.1 Å². The average molecular weight is 395 g/mol. The molecule has 0 saturated heterocycles. The number of para-hydroxylation sites is 1. The molecule has 0 spiro atoms. The third-order valence-electron chi connectivity index (χ3n) is 3.67. The largest absolute Gasteiger partial charge is 0.338 e. The molecule has 1 N–H and O–H groups in total. The Bertz CT molecular complexity index is 709. The molecule has 1 heterocycles. The van der Waals surface area contributed by atoms with E-state index < -0.39 is 0 Å². The Balaban J connectivity index is 1.98. The lowest BCUT2D eigenvalue weighted by Crippen LogP contribution is -2.32. The first-order chi connectivity index (χ1) is 11.2. The quantitative estimate of drug-likeness (QED) is 0.835. The van der Waals surface area contributed by atoms with Crippen LogP contribution in [0.1, 0.15) is 45.5 Å². The molecule has 0 bridgehead atoms. The molecule has 7 heteroatoms. The number of halogens is 1. The number of carbonyl (C=O) groups excluding carboxylic acids is 1. The van der Waals surface area contributed by atoms with Gasteiger partial charge in [0.05, 0.1) is 18.3 Å². The van der Waals surface area contributed by atoms with Gasteiger partial charge in [-0.2, -0.15) is 4.98 Å². The van der Waals surface area contributed by atoms with Crippen LogP contribution in [0.5, 0.6) is 0 Å². The summed E-state index contributed by atoms with van der Waals surface area (Å²) < 4.78 is 6.20. The van der Waals surface area contributed by atoms with Gasteiger partial charge in [-0.25, -0.2) is 0 Å². The molecule has 1 atom stereocenters. The highest BCUT2D eigenvalue weighted by molar-refractivity contribution is 9.10. The van der Waals surface area contributed by atoms with Gasteiger partial charge in [0.15, 0.2) is 5.82 Å². The molecule has 2 aromatic rings. The predicted octanol–water partition coefficient (Wildman–Crippen LogP) is 3.76. The second-order valence-electron chi connectivity index (χ2n) is 6.83. The summed E-state index contributed by atoms with van der Waals surface area (Å²) in [6.07, 6.45) is 0. The summed E-state index contributed by atoms with van der Waals surface area (Å²) in [7, 11) is 1.85. The van der Waals surface area contributed by atoms with E-state index >= 15 is 0 Å². The van der Waals surface area contributed by atoms with Crippen molar-refractivity contribution in [1.29, 1.82) is 0 Å². The second-order valence-corrected chi connectivity index (χ2v) is 7.68. The van der Waals surface area contributed by atoms with Crippen molar-refractivity contribution in [2.75, 3.05) is 18.9 Å². The van der Waals surface area contributed by atoms with Crippen molar-refractivity contribution >= 4 is 27.5 Å². The molecule has 6 nitrogen and oxygen atoms in total. The van der Waals surface area contributed by atoms with Crippen molar-refractivity contribution < 1.29 is 9.32 Å². The fraction of sp³-hybridized carbons (Fsp3) is 0.471. The minimum Gasteiger partial charge on any atom is -0.338 e. The zero-order valence-electron chi connectivity index (χ0n) is 14.6. The van der Waals surface area contributed by atoms with Crippen LogP contribution in [0.2, 0.25) is 0 Å². The summed E-state index contributed by atoms with van der Waals surface area (Å²) >= 11 is 3.42. The number of likely N-dealkylation sites (N-methyl/N-ethyl adjacent to an activating group) is 1. The zero-order valence-corrected chi connectivity index (χ0v) is 16.2. The van der Waals surface area contributed by atoms with Crippen molar-refractivity contribution in [1.82, 2.24) is 15.0 Å². The maximum absolute atomic E-state index is 12.2. The predicted molar refractivity (Wildman–Crippen MR) is 96.8 cm³/mol. The van der Waals surface area contributed by atoms with Crippen LogP contribution in [-0.4, -0.2) is 34.5 Å².